The molecule has 0 unspecified atom stereocenters. The molecule has 0 atom stereocenters. The molecule has 0 bridgehead atoms. The number of ether oxygens (including phenoxy) is 1. The normalized spacial score (nSPS) is 10.8. The number of carbonyl (C=O) groups is 1. The van der Waals surface area contributed by atoms with Gasteiger partial charge in [-0.3, -0.25) is 0 Å². The van der Waals surface area contributed by atoms with E-state index in [0.29, 0.717) is 12.4 Å². The molecule has 1 aromatic heterocycles. The summed E-state index contributed by atoms with van der Waals surface area (Å²) in [5.41, 5.74) is 1.09. The molecule has 2 rings (SSSR count). The van der Waals surface area contributed by atoms with Gasteiger partial charge in [0, 0.05) is 25.0 Å². The summed E-state index contributed by atoms with van der Waals surface area (Å²) < 4.78 is 6.97. The lowest BCUT2D eigenvalue weighted by molar-refractivity contribution is -0.131. The third kappa shape index (κ3) is 3.45. The van der Waals surface area contributed by atoms with Crippen molar-refractivity contribution in [3.05, 3.63) is 54.1 Å². The van der Waals surface area contributed by atoms with Crippen LogP contribution in [0.4, 0.5) is 0 Å². The maximum atomic E-state index is 10.5. The first-order valence-corrected chi connectivity index (χ1v) is 5.74. The van der Waals surface area contributed by atoms with Gasteiger partial charge in [0.2, 0.25) is 0 Å². The minimum Gasteiger partial charge on any atom is -0.497 e. The van der Waals surface area contributed by atoms with Crippen LogP contribution in [0.3, 0.4) is 0 Å². The van der Waals surface area contributed by atoms with Gasteiger partial charge in [-0.05, 0) is 23.8 Å². The molecule has 5 heteroatoms. The van der Waals surface area contributed by atoms with Crippen molar-refractivity contribution in [3.8, 4) is 5.75 Å². The zero-order valence-electron chi connectivity index (χ0n) is 10.5. The van der Waals surface area contributed by atoms with Crippen molar-refractivity contribution in [2.75, 3.05) is 7.11 Å². The molecule has 1 heterocycles. The van der Waals surface area contributed by atoms with Crippen LogP contribution < -0.4 is 4.74 Å². The summed E-state index contributed by atoms with van der Waals surface area (Å²) in [6.07, 6.45) is 6.01. The number of hydrogen-bond acceptors (Lipinski definition) is 3. The second-order valence-electron chi connectivity index (χ2n) is 3.93. The van der Waals surface area contributed by atoms with Gasteiger partial charge in [-0.2, -0.15) is 0 Å². The van der Waals surface area contributed by atoms with E-state index in [2.05, 4.69) is 4.98 Å². The molecule has 0 saturated carbocycles. The fraction of sp³-hybridized carbons (Fsp3) is 0.143. The van der Waals surface area contributed by atoms with Gasteiger partial charge < -0.3 is 14.4 Å². The van der Waals surface area contributed by atoms with Gasteiger partial charge in [0.05, 0.1) is 7.11 Å². The number of aromatic nitrogens is 2. The Kier molecular flexibility index (Phi) is 3.97. The lowest BCUT2D eigenvalue weighted by atomic mass is 10.2. The molecule has 0 spiro atoms. The Morgan fingerprint density at radius 1 is 1.42 bits per heavy atom. The van der Waals surface area contributed by atoms with E-state index in [9.17, 15) is 4.79 Å². The van der Waals surface area contributed by atoms with Crippen molar-refractivity contribution in [3.63, 3.8) is 0 Å². The van der Waals surface area contributed by atoms with E-state index in [1.165, 1.54) is 6.08 Å². The highest BCUT2D eigenvalue weighted by molar-refractivity contribution is 5.84. The number of hydrogen-bond donors (Lipinski definition) is 1. The zero-order chi connectivity index (χ0) is 13.7. The SMILES string of the molecule is COc1ccc(Cn2ccnc2C=CC(=O)O)cc1. The monoisotopic (exact) mass is 258 g/mol. The summed E-state index contributed by atoms with van der Waals surface area (Å²) in [6, 6.07) is 7.70. The number of rotatable bonds is 5. The van der Waals surface area contributed by atoms with Crippen LogP contribution >= 0.6 is 0 Å². The molecule has 98 valence electrons. The van der Waals surface area contributed by atoms with Crippen molar-refractivity contribution < 1.29 is 14.6 Å². The third-order valence-electron chi connectivity index (χ3n) is 2.63. The molecule has 0 saturated heterocycles. The second kappa shape index (κ2) is 5.86. The van der Waals surface area contributed by atoms with E-state index in [1.54, 1.807) is 13.3 Å². The van der Waals surface area contributed by atoms with Gasteiger partial charge in [-0.15, -0.1) is 0 Å². The largest absolute Gasteiger partial charge is 0.497 e. The summed E-state index contributed by atoms with van der Waals surface area (Å²) in [5.74, 6) is 0.428. The highest BCUT2D eigenvalue weighted by atomic mass is 16.5. The molecule has 2 aromatic rings. The molecule has 0 aliphatic carbocycles. The summed E-state index contributed by atoms with van der Waals surface area (Å²) in [5, 5.41) is 8.61. The third-order valence-corrected chi connectivity index (χ3v) is 2.63. The van der Waals surface area contributed by atoms with Crippen LogP contribution in [0.25, 0.3) is 6.08 Å². The minimum atomic E-state index is -0.987. The predicted octanol–water partition coefficient (Wildman–Crippen LogP) is 2.04. The minimum absolute atomic E-state index is 0.609. The molecule has 0 radical (unpaired) electrons. The fourth-order valence-corrected chi connectivity index (χ4v) is 1.69. The average Bonchev–Trinajstić information content (AvgIpc) is 2.84. The highest BCUT2D eigenvalue weighted by Gasteiger charge is 2.01. The average molecular weight is 258 g/mol. The Bertz CT molecular complexity index is 585. The molecule has 1 aromatic carbocycles. The van der Waals surface area contributed by atoms with E-state index < -0.39 is 5.97 Å². The molecule has 0 fully saturated rings. The highest BCUT2D eigenvalue weighted by Crippen LogP contribution is 2.13. The number of benzene rings is 1. The second-order valence-corrected chi connectivity index (χ2v) is 3.93. The van der Waals surface area contributed by atoms with Crippen molar-refractivity contribution in [1.82, 2.24) is 9.55 Å². The molecule has 0 aliphatic heterocycles. The van der Waals surface area contributed by atoms with Gasteiger partial charge in [0.15, 0.2) is 0 Å². The van der Waals surface area contributed by atoms with Gasteiger partial charge in [-0.25, -0.2) is 9.78 Å². The zero-order valence-corrected chi connectivity index (χ0v) is 10.5. The molecule has 5 nitrogen and oxygen atoms in total. The lowest BCUT2D eigenvalue weighted by Crippen LogP contribution is -2.01. The molecule has 19 heavy (non-hydrogen) atoms. The maximum Gasteiger partial charge on any atom is 0.328 e. The van der Waals surface area contributed by atoms with Crippen molar-refractivity contribution in [2.24, 2.45) is 0 Å². The molecule has 0 amide bonds. The molecular weight excluding hydrogens is 244 g/mol. The number of nitrogens with zero attached hydrogens (tertiary/aromatic N) is 2. The first-order valence-electron chi connectivity index (χ1n) is 5.74. The number of carboxylic acids is 1. The van der Waals surface area contributed by atoms with Crippen LogP contribution in [-0.4, -0.2) is 27.7 Å². The first-order chi connectivity index (χ1) is 9.19. The van der Waals surface area contributed by atoms with E-state index in [4.69, 9.17) is 9.84 Å². The van der Waals surface area contributed by atoms with Crippen molar-refractivity contribution >= 4 is 12.0 Å². The lowest BCUT2D eigenvalue weighted by Gasteiger charge is -2.06. The Morgan fingerprint density at radius 3 is 2.79 bits per heavy atom. The fourth-order valence-electron chi connectivity index (χ4n) is 1.69. The predicted molar refractivity (Wildman–Crippen MR) is 71.0 cm³/mol. The summed E-state index contributed by atoms with van der Waals surface area (Å²) in [6.45, 7) is 0.628. The van der Waals surface area contributed by atoms with Crippen LogP contribution in [0.5, 0.6) is 5.75 Å². The van der Waals surface area contributed by atoms with Crippen LogP contribution in [0, 0.1) is 0 Å². The topological polar surface area (TPSA) is 64.4 Å². The van der Waals surface area contributed by atoms with E-state index in [1.807, 2.05) is 35.0 Å². The van der Waals surface area contributed by atoms with Crippen molar-refractivity contribution in [2.45, 2.75) is 6.54 Å². The van der Waals surface area contributed by atoms with Gasteiger partial charge in [0.1, 0.15) is 11.6 Å². The van der Waals surface area contributed by atoms with Gasteiger partial charge in [0.25, 0.3) is 0 Å². The smallest absolute Gasteiger partial charge is 0.328 e. The van der Waals surface area contributed by atoms with E-state index in [-0.39, 0.29) is 0 Å². The van der Waals surface area contributed by atoms with Crippen LogP contribution in [-0.2, 0) is 11.3 Å². The Labute approximate surface area is 110 Å². The number of imidazole rings is 1. The van der Waals surface area contributed by atoms with E-state index >= 15 is 0 Å². The first kappa shape index (κ1) is 12.9. The quantitative estimate of drug-likeness (QED) is 0.833. The summed E-state index contributed by atoms with van der Waals surface area (Å²) in [7, 11) is 1.62. The molecule has 0 aliphatic rings. The van der Waals surface area contributed by atoms with E-state index in [0.717, 1.165) is 17.4 Å². The number of aliphatic carboxylic acids is 1. The number of carboxylic acid groups (broad SMARTS) is 1. The number of methoxy groups -OCH3 is 1. The van der Waals surface area contributed by atoms with Gasteiger partial charge in [-0.1, -0.05) is 12.1 Å². The molecular formula is C14H14N2O3. The Hall–Kier alpha value is -2.56. The van der Waals surface area contributed by atoms with Crippen LogP contribution in [0.15, 0.2) is 42.7 Å². The Morgan fingerprint density at radius 2 is 2.16 bits per heavy atom. The standard InChI is InChI=1S/C14H14N2O3/c1-19-12-4-2-11(3-5-12)10-16-9-8-15-13(16)6-7-14(17)18/h2-9H,10H2,1H3,(H,17,18). The molecule has 1 N–H and O–H groups in total. The maximum absolute atomic E-state index is 10.5. The van der Waals surface area contributed by atoms with Crippen molar-refractivity contribution in [1.29, 1.82) is 0 Å². The Balaban J connectivity index is 2.14. The van der Waals surface area contributed by atoms with Gasteiger partial charge >= 0.3 is 5.97 Å². The summed E-state index contributed by atoms with van der Waals surface area (Å²) >= 11 is 0. The van der Waals surface area contributed by atoms with Crippen LogP contribution in [0.2, 0.25) is 0 Å². The summed E-state index contributed by atoms with van der Waals surface area (Å²) in [4.78, 5) is 14.6. The van der Waals surface area contributed by atoms with Crippen LogP contribution in [0.1, 0.15) is 11.4 Å².